The van der Waals surface area contributed by atoms with Crippen molar-refractivity contribution in [2.45, 2.75) is 46.1 Å². The number of aromatic nitrogens is 1. The molecule has 0 aliphatic heterocycles. The summed E-state index contributed by atoms with van der Waals surface area (Å²) < 4.78 is 0. The van der Waals surface area contributed by atoms with E-state index in [1.807, 2.05) is 26.8 Å². The smallest absolute Gasteiger partial charge is 0.303 e. The highest BCUT2D eigenvalue weighted by Crippen LogP contribution is 2.24. The van der Waals surface area contributed by atoms with Crippen LogP contribution in [0.5, 0.6) is 0 Å². The van der Waals surface area contributed by atoms with E-state index in [0.29, 0.717) is 23.4 Å². The number of carboxylic acids is 1. The fourth-order valence-electron chi connectivity index (χ4n) is 1.91. The summed E-state index contributed by atoms with van der Waals surface area (Å²) in [6, 6.07) is 3.95. The average molecular weight is 261 g/mol. The number of hydrogen-bond acceptors (Lipinski definition) is 4. The van der Waals surface area contributed by atoms with Crippen molar-refractivity contribution in [1.29, 1.82) is 5.26 Å². The van der Waals surface area contributed by atoms with Crippen LogP contribution in [0.15, 0.2) is 6.07 Å². The first-order chi connectivity index (χ1) is 8.75. The highest BCUT2D eigenvalue weighted by Gasteiger charge is 2.21. The van der Waals surface area contributed by atoms with E-state index in [1.54, 1.807) is 6.92 Å². The highest BCUT2D eigenvalue weighted by atomic mass is 16.4. The molecule has 0 aliphatic rings. The molecule has 102 valence electrons. The molecule has 0 aromatic carbocycles. The molecule has 1 rings (SSSR count). The van der Waals surface area contributed by atoms with E-state index in [1.165, 1.54) is 0 Å². The summed E-state index contributed by atoms with van der Waals surface area (Å²) in [5.74, 6) is -0.822. The van der Waals surface area contributed by atoms with Crippen LogP contribution < -0.4 is 5.32 Å². The van der Waals surface area contributed by atoms with Gasteiger partial charge in [-0.25, -0.2) is 0 Å². The Hall–Kier alpha value is -2.09. The van der Waals surface area contributed by atoms with Gasteiger partial charge in [-0.15, -0.1) is 0 Å². The Morgan fingerprint density at radius 3 is 2.68 bits per heavy atom. The van der Waals surface area contributed by atoms with Crippen molar-refractivity contribution in [3.8, 4) is 6.07 Å². The standard InChI is InChI=1S/C14H19N3O2/c1-9-7-12(11(8-15)10(2)16-9)17-14(3,4)6-5-13(18)19/h7H,5-6H2,1-4H3,(H,16,17)(H,18,19). The van der Waals surface area contributed by atoms with Gasteiger partial charge in [0.15, 0.2) is 0 Å². The van der Waals surface area contributed by atoms with Crippen LogP contribution >= 0.6 is 0 Å². The Morgan fingerprint density at radius 2 is 2.16 bits per heavy atom. The maximum atomic E-state index is 10.6. The topological polar surface area (TPSA) is 86.0 Å². The number of aliphatic carboxylic acids is 1. The Bertz CT molecular complexity index is 530. The molecular formula is C14H19N3O2. The van der Waals surface area contributed by atoms with Crippen LogP contribution in [-0.2, 0) is 4.79 Å². The zero-order valence-corrected chi connectivity index (χ0v) is 11.7. The fourth-order valence-corrected chi connectivity index (χ4v) is 1.91. The summed E-state index contributed by atoms with van der Waals surface area (Å²) in [6.45, 7) is 7.49. The SMILES string of the molecule is Cc1cc(NC(C)(C)CCC(=O)O)c(C#N)c(C)n1. The number of carboxylic acid groups (broad SMARTS) is 1. The molecule has 5 nitrogen and oxygen atoms in total. The molecule has 0 saturated carbocycles. The average Bonchev–Trinajstić information content (AvgIpc) is 2.25. The van der Waals surface area contributed by atoms with Crippen LogP contribution in [0.3, 0.4) is 0 Å². The largest absolute Gasteiger partial charge is 0.481 e. The van der Waals surface area contributed by atoms with E-state index in [0.717, 1.165) is 5.69 Å². The molecule has 0 saturated heterocycles. The van der Waals surface area contributed by atoms with Gasteiger partial charge in [0.2, 0.25) is 0 Å². The third-order valence-electron chi connectivity index (χ3n) is 2.88. The summed E-state index contributed by atoms with van der Waals surface area (Å²) in [7, 11) is 0. The van der Waals surface area contributed by atoms with Gasteiger partial charge in [-0.2, -0.15) is 5.26 Å². The third kappa shape index (κ3) is 4.25. The molecule has 0 bridgehead atoms. The zero-order valence-electron chi connectivity index (χ0n) is 11.7. The predicted molar refractivity (Wildman–Crippen MR) is 73.0 cm³/mol. The van der Waals surface area contributed by atoms with Gasteiger partial charge < -0.3 is 10.4 Å². The molecule has 1 aromatic rings. The number of anilines is 1. The molecule has 2 N–H and O–H groups in total. The molecule has 5 heteroatoms. The van der Waals surface area contributed by atoms with E-state index in [2.05, 4.69) is 16.4 Å². The number of nitrogens with one attached hydrogen (secondary N) is 1. The summed E-state index contributed by atoms with van der Waals surface area (Å²) in [5.41, 5.74) is 2.33. The van der Waals surface area contributed by atoms with Crippen LogP contribution in [0.2, 0.25) is 0 Å². The molecule has 1 aromatic heterocycles. The first kappa shape index (κ1) is 15.0. The molecule has 0 spiro atoms. The van der Waals surface area contributed by atoms with Crippen molar-refractivity contribution in [3.63, 3.8) is 0 Å². The number of carbonyl (C=O) groups is 1. The molecular weight excluding hydrogens is 242 g/mol. The lowest BCUT2D eigenvalue weighted by molar-refractivity contribution is -0.137. The van der Waals surface area contributed by atoms with Gasteiger partial charge in [-0.1, -0.05) is 0 Å². The fraction of sp³-hybridized carbons (Fsp3) is 0.500. The first-order valence-corrected chi connectivity index (χ1v) is 6.13. The predicted octanol–water partition coefficient (Wildman–Crippen LogP) is 2.63. The lowest BCUT2D eigenvalue weighted by Gasteiger charge is -2.28. The van der Waals surface area contributed by atoms with Crippen molar-refractivity contribution < 1.29 is 9.90 Å². The molecule has 0 unspecified atom stereocenters. The van der Waals surface area contributed by atoms with Gasteiger partial charge >= 0.3 is 5.97 Å². The number of aryl methyl sites for hydroxylation is 2. The Morgan fingerprint density at radius 1 is 1.53 bits per heavy atom. The van der Waals surface area contributed by atoms with Crippen LogP contribution in [0.1, 0.15) is 43.6 Å². The van der Waals surface area contributed by atoms with Crippen molar-refractivity contribution in [2.75, 3.05) is 5.32 Å². The molecule has 0 radical (unpaired) electrons. The van der Waals surface area contributed by atoms with Crippen molar-refractivity contribution in [3.05, 3.63) is 23.0 Å². The van der Waals surface area contributed by atoms with Crippen molar-refractivity contribution in [1.82, 2.24) is 4.98 Å². The zero-order chi connectivity index (χ0) is 14.6. The second-order valence-corrected chi connectivity index (χ2v) is 5.29. The van der Waals surface area contributed by atoms with Gasteiger partial charge in [0, 0.05) is 17.7 Å². The summed E-state index contributed by atoms with van der Waals surface area (Å²) >= 11 is 0. The molecule has 0 amide bonds. The van der Waals surface area contributed by atoms with Gasteiger partial charge in [-0.3, -0.25) is 9.78 Å². The van der Waals surface area contributed by atoms with E-state index in [-0.39, 0.29) is 6.42 Å². The number of nitriles is 1. The number of hydrogen-bond donors (Lipinski definition) is 2. The maximum Gasteiger partial charge on any atom is 0.303 e. The van der Waals surface area contributed by atoms with Gasteiger partial charge in [-0.05, 0) is 40.2 Å². The van der Waals surface area contributed by atoms with E-state index < -0.39 is 11.5 Å². The molecule has 1 heterocycles. The van der Waals surface area contributed by atoms with Crippen LogP contribution in [0, 0.1) is 25.2 Å². The summed E-state index contributed by atoms with van der Waals surface area (Å²) in [6.07, 6.45) is 0.568. The van der Waals surface area contributed by atoms with E-state index in [4.69, 9.17) is 5.11 Å². The minimum Gasteiger partial charge on any atom is -0.481 e. The Balaban J connectivity index is 2.98. The second kappa shape index (κ2) is 5.70. The molecule has 0 aliphatic carbocycles. The monoisotopic (exact) mass is 261 g/mol. The van der Waals surface area contributed by atoms with Gasteiger partial charge in [0.05, 0.1) is 16.9 Å². The lowest BCUT2D eigenvalue weighted by Crippen LogP contribution is -2.32. The number of pyridine rings is 1. The van der Waals surface area contributed by atoms with Crippen LogP contribution in [-0.4, -0.2) is 21.6 Å². The second-order valence-electron chi connectivity index (χ2n) is 5.29. The van der Waals surface area contributed by atoms with Gasteiger partial charge in [0.25, 0.3) is 0 Å². The van der Waals surface area contributed by atoms with Crippen LogP contribution in [0.25, 0.3) is 0 Å². The van der Waals surface area contributed by atoms with Crippen molar-refractivity contribution in [2.24, 2.45) is 0 Å². The summed E-state index contributed by atoms with van der Waals surface area (Å²) in [4.78, 5) is 14.9. The maximum absolute atomic E-state index is 10.6. The third-order valence-corrected chi connectivity index (χ3v) is 2.88. The molecule has 0 atom stereocenters. The number of nitrogens with zero attached hydrogens (tertiary/aromatic N) is 2. The molecule has 0 fully saturated rings. The Kier molecular flexibility index (Phi) is 4.49. The number of rotatable bonds is 5. The van der Waals surface area contributed by atoms with Crippen LogP contribution in [0.4, 0.5) is 5.69 Å². The summed E-state index contributed by atoms with van der Waals surface area (Å²) in [5, 5.41) is 21.2. The van der Waals surface area contributed by atoms with E-state index >= 15 is 0 Å². The quantitative estimate of drug-likeness (QED) is 0.850. The first-order valence-electron chi connectivity index (χ1n) is 6.13. The highest BCUT2D eigenvalue weighted by molar-refractivity contribution is 5.67. The van der Waals surface area contributed by atoms with E-state index in [9.17, 15) is 10.1 Å². The molecule has 19 heavy (non-hydrogen) atoms. The van der Waals surface area contributed by atoms with Crippen molar-refractivity contribution >= 4 is 11.7 Å². The minimum atomic E-state index is -0.822. The minimum absolute atomic E-state index is 0.0882. The lowest BCUT2D eigenvalue weighted by atomic mass is 9.97. The Labute approximate surface area is 113 Å². The normalized spacial score (nSPS) is 10.9. The van der Waals surface area contributed by atoms with Gasteiger partial charge in [0.1, 0.15) is 6.07 Å².